The van der Waals surface area contributed by atoms with Gasteiger partial charge in [0.25, 0.3) is 0 Å². The molecule has 0 N–H and O–H groups in total. The van der Waals surface area contributed by atoms with E-state index in [1.807, 2.05) is 13.8 Å². The van der Waals surface area contributed by atoms with E-state index in [1.54, 1.807) is 18.5 Å². The second kappa shape index (κ2) is 6.26. The Labute approximate surface area is 138 Å². The molecule has 2 aromatic rings. The van der Waals surface area contributed by atoms with E-state index < -0.39 is 11.7 Å². The number of hydrogen-bond donors (Lipinski definition) is 0. The molecule has 0 fully saturated rings. The van der Waals surface area contributed by atoms with Crippen molar-refractivity contribution in [1.82, 2.24) is 4.98 Å². The van der Waals surface area contributed by atoms with Crippen LogP contribution in [0.25, 0.3) is 0 Å². The van der Waals surface area contributed by atoms with Gasteiger partial charge in [0.05, 0.1) is 29.3 Å². The number of fused-ring (bicyclic) bond motifs is 1. The summed E-state index contributed by atoms with van der Waals surface area (Å²) >= 11 is 0. The van der Waals surface area contributed by atoms with Gasteiger partial charge in [-0.05, 0) is 37.1 Å². The molecular weight excluding hydrogens is 317 g/mol. The maximum absolute atomic E-state index is 12.8. The quantitative estimate of drug-likeness (QED) is 0.792. The van der Waals surface area contributed by atoms with Gasteiger partial charge in [-0.3, -0.25) is 9.98 Å². The zero-order chi connectivity index (χ0) is 17.3. The van der Waals surface area contributed by atoms with Crippen LogP contribution in [-0.2, 0) is 12.6 Å². The summed E-state index contributed by atoms with van der Waals surface area (Å²) in [7, 11) is 0. The minimum absolute atomic E-state index is 0.0224. The van der Waals surface area contributed by atoms with Crippen molar-refractivity contribution in [3.8, 4) is 5.75 Å². The second-order valence-corrected chi connectivity index (χ2v) is 5.79. The number of halogens is 3. The van der Waals surface area contributed by atoms with E-state index >= 15 is 0 Å². The SMILES string of the molecule is CCC(C)Oc1cnccc1C1=Nc2cc(C(F)(F)F)ccc2C1. The lowest BCUT2D eigenvalue weighted by Crippen LogP contribution is -2.13. The molecule has 3 nitrogen and oxygen atoms in total. The Morgan fingerprint density at radius 1 is 1.25 bits per heavy atom. The van der Waals surface area contributed by atoms with Crippen molar-refractivity contribution < 1.29 is 17.9 Å². The fraction of sp³-hybridized carbons (Fsp3) is 0.333. The molecule has 3 rings (SSSR count). The number of nitrogens with zero attached hydrogens (tertiary/aromatic N) is 2. The van der Waals surface area contributed by atoms with E-state index in [2.05, 4.69) is 9.98 Å². The van der Waals surface area contributed by atoms with Gasteiger partial charge in [0.15, 0.2) is 0 Å². The zero-order valence-electron chi connectivity index (χ0n) is 13.4. The highest BCUT2D eigenvalue weighted by Crippen LogP contribution is 2.37. The Kier molecular flexibility index (Phi) is 4.30. The first-order valence-electron chi connectivity index (χ1n) is 7.77. The Balaban J connectivity index is 1.94. The fourth-order valence-electron chi connectivity index (χ4n) is 2.53. The molecule has 1 aliphatic rings. The van der Waals surface area contributed by atoms with Crippen LogP contribution in [0.5, 0.6) is 5.75 Å². The molecule has 0 saturated heterocycles. The van der Waals surface area contributed by atoms with Gasteiger partial charge in [0.1, 0.15) is 5.75 Å². The van der Waals surface area contributed by atoms with Crippen molar-refractivity contribution in [3.05, 3.63) is 53.3 Å². The minimum Gasteiger partial charge on any atom is -0.488 e. The van der Waals surface area contributed by atoms with Crippen LogP contribution in [0.1, 0.15) is 37.0 Å². The molecule has 0 saturated carbocycles. The van der Waals surface area contributed by atoms with E-state index in [0.29, 0.717) is 23.6 Å². The maximum Gasteiger partial charge on any atom is 0.416 e. The summed E-state index contributed by atoms with van der Waals surface area (Å²) in [5.41, 5.74) is 1.94. The standard InChI is InChI=1S/C18H17F3N2O/c1-3-11(2)24-17-10-22-7-6-14(17)16-8-12-4-5-13(18(19,20)21)9-15(12)23-16/h4-7,9-11H,3,8H2,1-2H3. The van der Waals surface area contributed by atoms with E-state index in [-0.39, 0.29) is 6.10 Å². The highest BCUT2D eigenvalue weighted by atomic mass is 19.4. The van der Waals surface area contributed by atoms with E-state index in [0.717, 1.165) is 29.7 Å². The van der Waals surface area contributed by atoms with Crippen LogP contribution in [0.4, 0.5) is 18.9 Å². The van der Waals surface area contributed by atoms with Crippen molar-refractivity contribution in [1.29, 1.82) is 0 Å². The molecule has 1 atom stereocenters. The van der Waals surface area contributed by atoms with Crippen molar-refractivity contribution >= 4 is 11.4 Å². The molecular formula is C18H17F3N2O. The largest absolute Gasteiger partial charge is 0.488 e. The average molecular weight is 334 g/mol. The monoisotopic (exact) mass is 334 g/mol. The minimum atomic E-state index is -4.37. The Morgan fingerprint density at radius 3 is 2.75 bits per heavy atom. The number of hydrogen-bond acceptors (Lipinski definition) is 3. The first-order valence-corrected chi connectivity index (χ1v) is 7.77. The van der Waals surface area contributed by atoms with E-state index in [1.165, 1.54) is 6.07 Å². The third kappa shape index (κ3) is 3.27. The number of rotatable bonds is 4. The number of pyridine rings is 1. The fourth-order valence-corrected chi connectivity index (χ4v) is 2.53. The van der Waals surface area contributed by atoms with Gasteiger partial charge < -0.3 is 4.74 Å². The van der Waals surface area contributed by atoms with Crippen LogP contribution >= 0.6 is 0 Å². The second-order valence-electron chi connectivity index (χ2n) is 5.79. The topological polar surface area (TPSA) is 34.5 Å². The predicted octanol–water partition coefficient (Wildman–Crippen LogP) is 4.95. The highest BCUT2D eigenvalue weighted by molar-refractivity contribution is 6.08. The Bertz CT molecular complexity index is 784. The maximum atomic E-state index is 12.8. The van der Waals surface area contributed by atoms with Gasteiger partial charge >= 0.3 is 6.18 Å². The molecule has 1 unspecified atom stereocenters. The van der Waals surface area contributed by atoms with Crippen molar-refractivity contribution in [2.45, 2.75) is 39.0 Å². The van der Waals surface area contributed by atoms with Crippen molar-refractivity contribution in [2.75, 3.05) is 0 Å². The number of aliphatic imine (C=N–C) groups is 1. The van der Waals surface area contributed by atoms with Gasteiger partial charge in [-0.2, -0.15) is 13.2 Å². The van der Waals surface area contributed by atoms with Gasteiger partial charge in [0, 0.05) is 18.2 Å². The molecule has 0 spiro atoms. The normalized spacial score (nSPS) is 15.0. The first kappa shape index (κ1) is 16.5. The van der Waals surface area contributed by atoms with E-state index in [4.69, 9.17) is 4.74 Å². The molecule has 126 valence electrons. The molecule has 1 aliphatic heterocycles. The number of aromatic nitrogens is 1. The van der Waals surface area contributed by atoms with Gasteiger partial charge in [-0.25, -0.2) is 0 Å². The smallest absolute Gasteiger partial charge is 0.416 e. The molecule has 0 radical (unpaired) electrons. The summed E-state index contributed by atoms with van der Waals surface area (Å²) in [6, 6.07) is 5.47. The van der Waals surface area contributed by atoms with Gasteiger partial charge in [-0.15, -0.1) is 0 Å². The average Bonchev–Trinajstić information content (AvgIpc) is 2.97. The predicted molar refractivity (Wildman–Crippen MR) is 86.0 cm³/mol. The highest BCUT2D eigenvalue weighted by Gasteiger charge is 2.32. The summed E-state index contributed by atoms with van der Waals surface area (Å²) in [4.78, 5) is 8.47. The lowest BCUT2D eigenvalue weighted by molar-refractivity contribution is -0.137. The summed E-state index contributed by atoms with van der Waals surface area (Å²) < 4.78 is 44.4. The summed E-state index contributed by atoms with van der Waals surface area (Å²) in [6.45, 7) is 3.97. The Morgan fingerprint density at radius 2 is 2.04 bits per heavy atom. The first-order chi connectivity index (χ1) is 11.4. The molecule has 2 heterocycles. The summed E-state index contributed by atoms with van der Waals surface area (Å²) in [6.07, 6.45) is 0.229. The van der Waals surface area contributed by atoms with Crippen LogP contribution in [-0.4, -0.2) is 16.8 Å². The number of benzene rings is 1. The van der Waals surface area contributed by atoms with Gasteiger partial charge in [-0.1, -0.05) is 13.0 Å². The third-order valence-electron chi connectivity index (χ3n) is 4.02. The lowest BCUT2D eigenvalue weighted by Gasteiger charge is -2.15. The van der Waals surface area contributed by atoms with Crippen LogP contribution in [0, 0.1) is 0 Å². The third-order valence-corrected chi connectivity index (χ3v) is 4.02. The van der Waals surface area contributed by atoms with Crippen LogP contribution in [0.2, 0.25) is 0 Å². The van der Waals surface area contributed by atoms with Crippen LogP contribution in [0.3, 0.4) is 0 Å². The van der Waals surface area contributed by atoms with Crippen molar-refractivity contribution in [2.24, 2.45) is 4.99 Å². The molecule has 24 heavy (non-hydrogen) atoms. The molecule has 0 bridgehead atoms. The zero-order valence-corrected chi connectivity index (χ0v) is 13.4. The molecule has 1 aromatic carbocycles. The summed E-state index contributed by atoms with van der Waals surface area (Å²) in [5.74, 6) is 0.606. The van der Waals surface area contributed by atoms with Crippen LogP contribution < -0.4 is 4.74 Å². The summed E-state index contributed by atoms with van der Waals surface area (Å²) in [5, 5.41) is 0. The molecule has 0 aliphatic carbocycles. The van der Waals surface area contributed by atoms with E-state index in [9.17, 15) is 13.2 Å². The molecule has 1 aromatic heterocycles. The van der Waals surface area contributed by atoms with Crippen LogP contribution in [0.15, 0.2) is 41.7 Å². The van der Waals surface area contributed by atoms with Gasteiger partial charge in [0.2, 0.25) is 0 Å². The number of ether oxygens (including phenoxy) is 1. The molecule has 0 amide bonds. The number of alkyl halides is 3. The molecule has 6 heteroatoms. The van der Waals surface area contributed by atoms with Crippen molar-refractivity contribution in [3.63, 3.8) is 0 Å². The Hall–Kier alpha value is -2.37. The lowest BCUT2D eigenvalue weighted by atomic mass is 10.0.